The van der Waals surface area contributed by atoms with Gasteiger partial charge in [-0.25, -0.2) is 18.4 Å². The molecule has 5 rings (SSSR count). The molecule has 0 saturated heterocycles. The van der Waals surface area contributed by atoms with Crippen molar-refractivity contribution in [2.24, 2.45) is 0 Å². The lowest BCUT2D eigenvalue weighted by molar-refractivity contribution is 0.0949. The van der Waals surface area contributed by atoms with Crippen molar-refractivity contribution in [1.29, 1.82) is 0 Å². The lowest BCUT2D eigenvalue weighted by Crippen LogP contribution is -2.33. The van der Waals surface area contributed by atoms with Gasteiger partial charge in [-0.3, -0.25) is 9.29 Å². The number of nitrogens with one attached hydrogen (secondary N) is 1. The molecule has 0 aliphatic carbocycles. The van der Waals surface area contributed by atoms with Gasteiger partial charge in [0.25, 0.3) is 0 Å². The molecule has 0 amide bonds. The molecule has 14 nitrogen and oxygen atoms in total. The normalized spacial score (nSPS) is 16.1. The summed E-state index contributed by atoms with van der Waals surface area (Å²) >= 11 is 0. The third kappa shape index (κ3) is 5.00. The van der Waals surface area contributed by atoms with Crippen LogP contribution >= 0.6 is 0 Å². The number of hydrogen-bond acceptors (Lipinski definition) is 12. The van der Waals surface area contributed by atoms with Gasteiger partial charge in [0.1, 0.15) is 23.4 Å². The van der Waals surface area contributed by atoms with Crippen molar-refractivity contribution in [3.8, 4) is 23.2 Å². The van der Waals surface area contributed by atoms with Gasteiger partial charge in [0.15, 0.2) is 23.4 Å². The third-order valence-corrected chi connectivity index (χ3v) is 8.14. The molecule has 0 bridgehead atoms. The zero-order valence-corrected chi connectivity index (χ0v) is 23.3. The molecule has 1 aliphatic heterocycles. The zero-order valence-electron chi connectivity index (χ0n) is 22.5. The molecule has 4 heterocycles. The van der Waals surface area contributed by atoms with E-state index in [1.807, 2.05) is 31.2 Å². The number of sulfonamides is 1. The highest BCUT2D eigenvalue weighted by Crippen LogP contribution is 2.40. The van der Waals surface area contributed by atoms with E-state index in [9.17, 15) is 8.42 Å². The Morgan fingerprint density at radius 2 is 1.70 bits per heavy atom. The number of methoxy groups -OCH3 is 3. The summed E-state index contributed by atoms with van der Waals surface area (Å²) in [7, 11) is 0.0865. The van der Waals surface area contributed by atoms with Gasteiger partial charge < -0.3 is 18.9 Å². The van der Waals surface area contributed by atoms with Gasteiger partial charge >= 0.3 is 0 Å². The van der Waals surface area contributed by atoms with Crippen LogP contribution in [-0.2, 0) is 21.2 Å². The van der Waals surface area contributed by atoms with Crippen LogP contribution in [0.1, 0.15) is 41.9 Å². The number of aryl methyl sites for hydroxylation is 1. The smallest absolute Gasteiger partial charge is 0.245 e. The second-order valence-corrected chi connectivity index (χ2v) is 11.0. The maximum absolute atomic E-state index is 13.7. The molecule has 3 aromatic heterocycles. The van der Waals surface area contributed by atoms with E-state index in [1.54, 1.807) is 12.4 Å². The summed E-state index contributed by atoms with van der Waals surface area (Å²) in [5, 5.41) is 7.39. The Morgan fingerprint density at radius 3 is 2.33 bits per heavy atom. The van der Waals surface area contributed by atoms with Crippen molar-refractivity contribution >= 4 is 16.0 Å². The largest absolute Gasteiger partial charge is 0.482 e. The minimum absolute atomic E-state index is 0.111. The minimum atomic E-state index is -4.16. The first-order valence-corrected chi connectivity index (χ1v) is 13.8. The SMILES string of the molecule is COc1ncnc(OC)c1-n1c(NS(=O)(=O)[C@@H](C)[C@H](OC)c2ncc(C)cn2)nnc1[C@@H]1Cc2ccccc2O1. The van der Waals surface area contributed by atoms with Crippen molar-refractivity contribution in [2.45, 2.75) is 37.7 Å². The van der Waals surface area contributed by atoms with E-state index in [1.165, 1.54) is 39.1 Å². The van der Waals surface area contributed by atoms with Crippen LogP contribution in [0.2, 0.25) is 0 Å². The van der Waals surface area contributed by atoms with E-state index in [0.717, 1.165) is 11.1 Å². The van der Waals surface area contributed by atoms with Crippen LogP contribution in [-0.4, -0.2) is 69.7 Å². The molecular formula is C25H28N8O6S. The van der Waals surface area contributed by atoms with E-state index < -0.39 is 27.5 Å². The number of benzene rings is 1. The molecule has 210 valence electrons. The summed E-state index contributed by atoms with van der Waals surface area (Å²) in [6.45, 7) is 3.32. The number of rotatable bonds is 10. The van der Waals surface area contributed by atoms with Crippen LogP contribution in [0.15, 0.2) is 43.0 Å². The average molecular weight is 569 g/mol. The van der Waals surface area contributed by atoms with Crippen molar-refractivity contribution < 1.29 is 27.4 Å². The molecule has 0 radical (unpaired) electrons. The Morgan fingerprint density at radius 1 is 1.02 bits per heavy atom. The molecule has 1 N–H and O–H groups in total. The number of anilines is 1. The standard InChI is InChI=1S/C25H28N8O6S/c1-14-11-26-21(27-12-14)20(36-3)15(2)40(34,35)32-25-31-30-22(18-10-16-8-6-7-9-17(16)39-18)33(25)19-23(37-4)28-13-29-24(19)38-5/h6-9,11-13,15,18,20H,10H2,1-5H3,(H,31,32)/t15-,18-,20-/m0/s1. The summed E-state index contributed by atoms with van der Waals surface area (Å²) in [4.78, 5) is 16.9. The topological polar surface area (TPSA) is 165 Å². The van der Waals surface area contributed by atoms with E-state index in [2.05, 4.69) is 34.9 Å². The van der Waals surface area contributed by atoms with Gasteiger partial charge in [0.2, 0.25) is 27.7 Å². The highest BCUT2D eigenvalue weighted by molar-refractivity contribution is 7.93. The highest BCUT2D eigenvalue weighted by Gasteiger charge is 2.37. The molecule has 0 saturated carbocycles. The van der Waals surface area contributed by atoms with E-state index in [4.69, 9.17) is 18.9 Å². The van der Waals surface area contributed by atoms with Crippen LogP contribution in [0.25, 0.3) is 5.69 Å². The average Bonchev–Trinajstić information content (AvgIpc) is 3.57. The molecule has 0 spiro atoms. The number of ether oxygens (including phenoxy) is 4. The maximum Gasteiger partial charge on any atom is 0.245 e. The lowest BCUT2D eigenvalue weighted by Gasteiger charge is -2.23. The van der Waals surface area contributed by atoms with Gasteiger partial charge in [-0.15, -0.1) is 10.2 Å². The fourth-order valence-electron chi connectivity index (χ4n) is 4.39. The summed E-state index contributed by atoms with van der Waals surface area (Å²) in [6.07, 6.45) is 3.37. The Labute approximate surface area is 230 Å². The monoisotopic (exact) mass is 568 g/mol. The fourth-order valence-corrected chi connectivity index (χ4v) is 5.53. The quantitative estimate of drug-likeness (QED) is 0.297. The van der Waals surface area contributed by atoms with Gasteiger partial charge in [0.05, 0.1) is 14.2 Å². The molecule has 1 aromatic carbocycles. The van der Waals surface area contributed by atoms with Gasteiger partial charge in [0, 0.05) is 25.9 Å². The van der Waals surface area contributed by atoms with Crippen molar-refractivity contribution in [3.63, 3.8) is 0 Å². The number of nitrogens with zero attached hydrogens (tertiary/aromatic N) is 7. The van der Waals surface area contributed by atoms with Gasteiger partial charge in [-0.2, -0.15) is 9.97 Å². The van der Waals surface area contributed by atoms with Gasteiger partial charge in [-0.05, 0) is 31.0 Å². The first-order chi connectivity index (χ1) is 19.3. The van der Waals surface area contributed by atoms with Crippen LogP contribution in [0.5, 0.6) is 17.5 Å². The molecular weight excluding hydrogens is 540 g/mol. The van der Waals surface area contributed by atoms with Crippen molar-refractivity contribution in [2.75, 3.05) is 26.1 Å². The summed E-state index contributed by atoms with van der Waals surface area (Å²) in [6, 6.07) is 7.59. The van der Waals surface area contributed by atoms with E-state index in [0.29, 0.717) is 12.2 Å². The zero-order chi connectivity index (χ0) is 28.4. The van der Waals surface area contributed by atoms with Crippen molar-refractivity contribution in [1.82, 2.24) is 34.7 Å². The number of fused-ring (bicyclic) bond motifs is 1. The van der Waals surface area contributed by atoms with Crippen LogP contribution in [0.3, 0.4) is 0 Å². The Kier molecular flexibility index (Phi) is 7.49. The molecule has 3 atom stereocenters. The van der Waals surface area contributed by atoms with E-state index >= 15 is 0 Å². The number of hydrogen-bond donors (Lipinski definition) is 1. The van der Waals surface area contributed by atoms with Crippen LogP contribution in [0.4, 0.5) is 5.95 Å². The molecule has 0 unspecified atom stereocenters. The molecule has 40 heavy (non-hydrogen) atoms. The molecule has 0 fully saturated rings. The summed E-state index contributed by atoms with van der Waals surface area (Å²) < 4.78 is 54.0. The molecule has 1 aliphatic rings. The minimum Gasteiger partial charge on any atom is -0.482 e. The second kappa shape index (κ2) is 11.0. The second-order valence-electron chi connectivity index (χ2n) is 9.00. The maximum atomic E-state index is 13.7. The summed E-state index contributed by atoms with van der Waals surface area (Å²) in [5.74, 6) is 1.29. The lowest BCUT2D eigenvalue weighted by atomic mass is 10.1. The Bertz CT molecular complexity index is 1560. The third-order valence-electron chi connectivity index (χ3n) is 6.45. The molecule has 15 heteroatoms. The Hall–Kier alpha value is -4.37. The molecule has 4 aromatic rings. The van der Waals surface area contributed by atoms with Crippen molar-refractivity contribution in [3.05, 3.63) is 65.8 Å². The van der Waals surface area contributed by atoms with E-state index in [-0.39, 0.29) is 35.0 Å². The van der Waals surface area contributed by atoms with Gasteiger partial charge in [-0.1, -0.05) is 18.2 Å². The first kappa shape index (κ1) is 27.2. The predicted molar refractivity (Wildman–Crippen MR) is 142 cm³/mol. The number of aromatic nitrogens is 7. The van der Waals surface area contributed by atoms with Crippen LogP contribution < -0.4 is 18.9 Å². The fraction of sp³-hybridized carbons (Fsp3) is 0.360. The first-order valence-electron chi connectivity index (χ1n) is 12.2. The predicted octanol–water partition coefficient (Wildman–Crippen LogP) is 2.37. The summed E-state index contributed by atoms with van der Waals surface area (Å²) in [5.41, 5.74) is 2.00. The van der Waals surface area contributed by atoms with Crippen LogP contribution in [0, 0.1) is 6.92 Å². The Balaban J connectivity index is 1.58. The number of para-hydroxylation sites is 1. The highest BCUT2D eigenvalue weighted by atomic mass is 32.2.